The first-order valence-corrected chi connectivity index (χ1v) is 11.5. The van der Waals surface area contributed by atoms with Crippen molar-refractivity contribution in [2.45, 2.75) is 19.3 Å². The number of hydrogen-bond donors (Lipinski definition) is 0. The van der Waals surface area contributed by atoms with Crippen molar-refractivity contribution in [3.8, 4) is 0 Å². The van der Waals surface area contributed by atoms with Gasteiger partial charge in [-0.15, -0.1) is 16.4 Å². The van der Waals surface area contributed by atoms with Crippen LogP contribution >= 0.6 is 22.9 Å². The minimum absolute atomic E-state index is 0.0243. The number of nitrogens with zero attached hydrogens (tertiary/aromatic N) is 5. The number of ether oxygens (including phenoxy) is 1. The van der Waals surface area contributed by atoms with Gasteiger partial charge < -0.3 is 14.5 Å². The summed E-state index contributed by atoms with van der Waals surface area (Å²) in [4.78, 5) is 36.7. The molecule has 0 aromatic carbocycles. The Morgan fingerprint density at radius 2 is 1.93 bits per heavy atom. The predicted molar refractivity (Wildman–Crippen MR) is 114 cm³/mol. The Hall–Kier alpha value is -2.43. The SMILES string of the molecule is Cc1nnsc1C(=O)N1CC[C@H](c2c(C(=O)N3CCOCC3)sc3ncccc23)C1. The summed E-state index contributed by atoms with van der Waals surface area (Å²) in [5.41, 5.74) is 1.70. The second-order valence-electron chi connectivity index (χ2n) is 7.53. The third kappa shape index (κ3) is 3.38. The Bertz CT molecular complexity index is 1110. The largest absolute Gasteiger partial charge is 0.378 e. The van der Waals surface area contributed by atoms with Gasteiger partial charge in [-0.1, -0.05) is 10.6 Å². The third-order valence-corrected chi connectivity index (χ3v) is 7.66. The molecular weight excluding hydrogens is 422 g/mol. The molecule has 30 heavy (non-hydrogen) atoms. The first-order valence-electron chi connectivity index (χ1n) is 9.96. The van der Waals surface area contributed by atoms with Crippen LogP contribution in [0, 0.1) is 6.92 Å². The fourth-order valence-corrected chi connectivity index (χ4v) is 6.00. The van der Waals surface area contributed by atoms with Gasteiger partial charge in [0.05, 0.1) is 23.8 Å². The molecule has 0 saturated carbocycles. The number of amides is 2. The van der Waals surface area contributed by atoms with Crippen LogP contribution in [0.3, 0.4) is 0 Å². The molecule has 0 radical (unpaired) electrons. The van der Waals surface area contributed by atoms with Crippen LogP contribution in [0.15, 0.2) is 18.3 Å². The lowest BCUT2D eigenvalue weighted by atomic mass is 9.95. The molecule has 8 nitrogen and oxygen atoms in total. The highest BCUT2D eigenvalue weighted by Crippen LogP contribution is 2.40. The van der Waals surface area contributed by atoms with E-state index in [9.17, 15) is 9.59 Å². The van der Waals surface area contributed by atoms with Gasteiger partial charge in [-0.2, -0.15) is 0 Å². The van der Waals surface area contributed by atoms with Crippen molar-refractivity contribution in [1.29, 1.82) is 0 Å². The number of pyridine rings is 1. The summed E-state index contributed by atoms with van der Waals surface area (Å²) in [6.45, 7) is 5.39. The normalized spacial score (nSPS) is 19.6. The van der Waals surface area contributed by atoms with Crippen LogP contribution in [-0.2, 0) is 4.74 Å². The van der Waals surface area contributed by atoms with Crippen molar-refractivity contribution >= 4 is 44.9 Å². The zero-order valence-electron chi connectivity index (χ0n) is 16.5. The first kappa shape index (κ1) is 19.5. The number of aryl methyl sites for hydroxylation is 1. The quantitative estimate of drug-likeness (QED) is 0.618. The zero-order chi connectivity index (χ0) is 20.7. The number of rotatable bonds is 3. The van der Waals surface area contributed by atoms with E-state index in [4.69, 9.17) is 4.74 Å². The maximum Gasteiger partial charge on any atom is 0.267 e. The van der Waals surface area contributed by atoms with Gasteiger partial charge in [0, 0.05) is 43.7 Å². The number of morpholine rings is 1. The average Bonchev–Trinajstić information content (AvgIpc) is 3.51. The Balaban J connectivity index is 1.47. The van der Waals surface area contributed by atoms with E-state index < -0.39 is 0 Å². The minimum atomic E-state index is -0.0243. The lowest BCUT2D eigenvalue weighted by Crippen LogP contribution is -2.40. The molecule has 0 N–H and O–H groups in total. The van der Waals surface area contributed by atoms with Crippen LogP contribution in [0.25, 0.3) is 10.2 Å². The van der Waals surface area contributed by atoms with Crippen LogP contribution in [0.5, 0.6) is 0 Å². The van der Waals surface area contributed by atoms with Crippen molar-refractivity contribution in [2.75, 3.05) is 39.4 Å². The highest BCUT2D eigenvalue weighted by Gasteiger charge is 2.35. The summed E-state index contributed by atoms with van der Waals surface area (Å²) in [5.74, 6) is 0.125. The third-order valence-electron chi connectivity index (χ3n) is 5.73. The molecule has 5 heterocycles. The van der Waals surface area contributed by atoms with Gasteiger partial charge >= 0.3 is 0 Å². The Labute approximate surface area is 181 Å². The summed E-state index contributed by atoms with van der Waals surface area (Å²) < 4.78 is 9.29. The van der Waals surface area contributed by atoms with E-state index in [1.165, 1.54) is 11.3 Å². The van der Waals surface area contributed by atoms with Crippen LogP contribution in [-0.4, -0.2) is 75.6 Å². The predicted octanol–water partition coefficient (Wildman–Crippen LogP) is 2.56. The Morgan fingerprint density at radius 1 is 1.13 bits per heavy atom. The van der Waals surface area contributed by atoms with Crippen LogP contribution in [0.2, 0.25) is 0 Å². The monoisotopic (exact) mass is 443 g/mol. The minimum Gasteiger partial charge on any atom is -0.378 e. The maximum atomic E-state index is 13.4. The summed E-state index contributed by atoms with van der Waals surface area (Å²) in [6.07, 6.45) is 2.58. The number of hydrogen-bond acceptors (Lipinski definition) is 8. The molecule has 2 fully saturated rings. The molecule has 2 aliphatic rings. The molecule has 1 atom stereocenters. The number of likely N-dealkylation sites (tertiary alicyclic amines) is 1. The Morgan fingerprint density at radius 3 is 2.70 bits per heavy atom. The average molecular weight is 444 g/mol. The molecule has 0 spiro atoms. The van der Waals surface area contributed by atoms with Gasteiger partial charge in [-0.3, -0.25) is 9.59 Å². The summed E-state index contributed by atoms with van der Waals surface area (Å²) in [5, 5.41) is 4.98. The van der Waals surface area contributed by atoms with E-state index in [0.29, 0.717) is 50.0 Å². The van der Waals surface area contributed by atoms with E-state index in [1.807, 2.05) is 21.9 Å². The second kappa shape index (κ2) is 8.01. The van der Waals surface area contributed by atoms with Gasteiger partial charge in [-0.05, 0) is 36.5 Å². The fraction of sp³-hybridized carbons (Fsp3) is 0.450. The second-order valence-corrected chi connectivity index (χ2v) is 9.28. The molecule has 0 aliphatic carbocycles. The van der Waals surface area contributed by atoms with Gasteiger partial charge in [-0.25, -0.2) is 4.98 Å². The lowest BCUT2D eigenvalue weighted by Gasteiger charge is -2.27. The van der Waals surface area contributed by atoms with Crippen molar-refractivity contribution < 1.29 is 14.3 Å². The zero-order valence-corrected chi connectivity index (χ0v) is 18.2. The van der Waals surface area contributed by atoms with Crippen molar-refractivity contribution in [1.82, 2.24) is 24.4 Å². The summed E-state index contributed by atoms with van der Waals surface area (Å²) in [6, 6.07) is 3.94. The molecule has 10 heteroatoms. The van der Waals surface area contributed by atoms with Crippen LogP contribution in [0.4, 0.5) is 0 Å². The smallest absolute Gasteiger partial charge is 0.267 e. The molecule has 0 bridgehead atoms. The van der Waals surface area contributed by atoms with Gasteiger partial charge in [0.1, 0.15) is 9.71 Å². The highest BCUT2D eigenvalue weighted by atomic mass is 32.1. The van der Waals surface area contributed by atoms with Crippen LogP contribution in [0.1, 0.15) is 42.9 Å². The van der Waals surface area contributed by atoms with Gasteiger partial charge in [0.15, 0.2) is 0 Å². The van der Waals surface area contributed by atoms with Gasteiger partial charge in [0.2, 0.25) is 0 Å². The van der Waals surface area contributed by atoms with Gasteiger partial charge in [0.25, 0.3) is 11.8 Å². The van der Waals surface area contributed by atoms with Crippen molar-refractivity contribution in [3.63, 3.8) is 0 Å². The maximum absolute atomic E-state index is 13.4. The number of thiophene rings is 1. The number of aromatic nitrogens is 3. The number of carbonyl (C=O) groups excluding carboxylic acids is 2. The van der Waals surface area contributed by atoms with Crippen molar-refractivity contribution in [2.24, 2.45) is 0 Å². The van der Waals surface area contributed by atoms with E-state index in [-0.39, 0.29) is 17.7 Å². The fourth-order valence-electron chi connectivity index (χ4n) is 4.18. The molecule has 0 unspecified atom stereocenters. The molecule has 2 saturated heterocycles. The summed E-state index contributed by atoms with van der Waals surface area (Å²) in [7, 11) is 0. The van der Waals surface area contributed by atoms with Crippen LogP contribution < -0.4 is 0 Å². The van der Waals surface area contributed by atoms with E-state index in [0.717, 1.165) is 38.6 Å². The lowest BCUT2D eigenvalue weighted by molar-refractivity contribution is 0.0305. The molecule has 3 aromatic rings. The standard InChI is InChI=1S/C20H21N5O3S2/c1-12-16(30-23-22-12)19(26)25-6-4-13(11-25)15-14-3-2-5-21-18(14)29-17(15)20(27)24-7-9-28-10-8-24/h2-3,5,13H,4,6-11H2,1H3/t13-/m0/s1. The van der Waals surface area contributed by atoms with Crippen molar-refractivity contribution in [3.05, 3.63) is 39.3 Å². The summed E-state index contributed by atoms with van der Waals surface area (Å²) >= 11 is 2.60. The molecular formula is C20H21N5O3S2. The molecule has 2 amide bonds. The molecule has 3 aromatic heterocycles. The molecule has 5 rings (SSSR count). The topological polar surface area (TPSA) is 88.5 Å². The first-order chi connectivity index (χ1) is 14.6. The molecule has 2 aliphatic heterocycles. The number of fused-ring (bicyclic) bond motifs is 1. The van der Waals surface area contributed by atoms with E-state index in [2.05, 4.69) is 14.6 Å². The number of carbonyl (C=O) groups is 2. The molecule has 156 valence electrons. The van der Waals surface area contributed by atoms with E-state index in [1.54, 1.807) is 13.1 Å². The van der Waals surface area contributed by atoms with E-state index >= 15 is 0 Å². The Kier molecular flexibility index (Phi) is 5.21. The highest BCUT2D eigenvalue weighted by molar-refractivity contribution is 7.20.